The van der Waals surface area contributed by atoms with Crippen molar-refractivity contribution >= 4 is 29.3 Å². The van der Waals surface area contributed by atoms with E-state index in [4.69, 9.17) is 16.0 Å². The summed E-state index contributed by atoms with van der Waals surface area (Å²) in [5, 5.41) is 0.894. The van der Waals surface area contributed by atoms with Gasteiger partial charge in [0.2, 0.25) is 0 Å². The molecule has 1 atom stereocenters. The second-order valence-electron chi connectivity index (χ2n) is 6.83. The normalized spacial score (nSPS) is 20.0. The fraction of sp³-hybridized carbons (Fsp3) is 0.381. The molecule has 4 rings (SSSR count). The van der Waals surface area contributed by atoms with Crippen molar-refractivity contribution in [1.29, 1.82) is 0 Å². The molecule has 2 aromatic rings. The van der Waals surface area contributed by atoms with Crippen LogP contribution in [0.1, 0.15) is 37.0 Å². The molecule has 1 aromatic heterocycles. The number of halogens is 1. The first-order valence-corrected chi connectivity index (χ1v) is 10.6. The molecule has 0 radical (unpaired) electrons. The summed E-state index contributed by atoms with van der Waals surface area (Å²) >= 11 is 7.78. The Labute approximate surface area is 163 Å². The summed E-state index contributed by atoms with van der Waals surface area (Å²) < 4.78 is 5.48. The predicted octanol–water partition coefficient (Wildman–Crippen LogP) is 5.45. The minimum Gasteiger partial charge on any atom is -0.468 e. The van der Waals surface area contributed by atoms with Crippen LogP contribution in [0.25, 0.3) is 0 Å². The topological polar surface area (TPSA) is 33.5 Å². The SMILES string of the molecule is O=C1C2=C(CCCC2)C(SCc2ccco2)N1CCc1ccc(Cl)cc1. The molecule has 0 saturated heterocycles. The number of carbonyl (C=O) groups excluding carboxylic acids is 1. The summed E-state index contributed by atoms with van der Waals surface area (Å²) in [6, 6.07) is 11.8. The zero-order valence-electron chi connectivity index (χ0n) is 14.6. The average Bonchev–Trinajstić information content (AvgIpc) is 3.27. The van der Waals surface area contributed by atoms with Crippen LogP contribution < -0.4 is 0 Å². The van der Waals surface area contributed by atoms with Crippen LogP contribution in [0.3, 0.4) is 0 Å². The van der Waals surface area contributed by atoms with Gasteiger partial charge in [0.15, 0.2) is 0 Å². The van der Waals surface area contributed by atoms with Crippen molar-refractivity contribution in [3.8, 4) is 0 Å². The van der Waals surface area contributed by atoms with Gasteiger partial charge < -0.3 is 9.32 Å². The third-order valence-electron chi connectivity index (χ3n) is 5.13. The van der Waals surface area contributed by atoms with Gasteiger partial charge in [0, 0.05) is 17.1 Å². The summed E-state index contributed by atoms with van der Waals surface area (Å²) in [4.78, 5) is 15.1. The summed E-state index contributed by atoms with van der Waals surface area (Å²) in [6.07, 6.45) is 6.86. The highest BCUT2D eigenvalue weighted by Gasteiger charge is 2.39. The van der Waals surface area contributed by atoms with Gasteiger partial charge in [0.1, 0.15) is 11.1 Å². The Kier molecular flexibility index (Phi) is 5.41. The Bertz CT molecular complexity index is 798. The minimum absolute atomic E-state index is 0.148. The summed E-state index contributed by atoms with van der Waals surface area (Å²) in [7, 11) is 0. The van der Waals surface area contributed by atoms with Crippen LogP contribution in [0.2, 0.25) is 5.02 Å². The summed E-state index contributed by atoms with van der Waals surface area (Å²) in [6.45, 7) is 0.739. The molecule has 1 amide bonds. The van der Waals surface area contributed by atoms with Gasteiger partial charge in [-0.25, -0.2) is 0 Å². The molecule has 136 valence electrons. The molecule has 2 aliphatic rings. The van der Waals surface area contributed by atoms with Gasteiger partial charge in [0.25, 0.3) is 5.91 Å². The molecule has 2 heterocycles. The van der Waals surface area contributed by atoms with Crippen molar-refractivity contribution in [2.45, 2.75) is 43.2 Å². The van der Waals surface area contributed by atoms with Crippen molar-refractivity contribution < 1.29 is 9.21 Å². The van der Waals surface area contributed by atoms with Crippen LogP contribution in [0.4, 0.5) is 0 Å². The molecular formula is C21H22ClNO2S. The number of rotatable bonds is 6. The summed E-state index contributed by atoms with van der Waals surface area (Å²) in [5.41, 5.74) is 3.64. The molecule has 0 spiro atoms. The molecule has 3 nitrogen and oxygen atoms in total. The lowest BCUT2D eigenvalue weighted by Crippen LogP contribution is -2.35. The number of amides is 1. The largest absolute Gasteiger partial charge is 0.468 e. The first kappa shape index (κ1) is 17.7. The standard InChI is InChI=1S/C21H22ClNO2S/c22-16-9-7-15(8-10-16)11-12-23-20(24)18-5-1-2-6-19(18)21(23)26-14-17-4-3-13-25-17/h3-4,7-10,13,21H,1-2,5-6,11-12,14H2. The highest BCUT2D eigenvalue weighted by atomic mass is 35.5. The van der Waals surface area contributed by atoms with E-state index in [2.05, 4.69) is 4.90 Å². The molecule has 5 heteroatoms. The fourth-order valence-electron chi connectivity index (χ4n) is 3.78. The summed E-state index contributed by atoms with van der Waals surface area (Å²) in [5.74, 6) is 2.00. The molecule has 1 aromatic carbocycles. The molecule has 0 saturated carbocycles. The highest BCUT2D eigenvalue weighted by Crippen LogP contribution is 2.42. The van der Waals surface area contributed by atoms with Crippen LogP contribution in [0, 0.1) is 0 Å². The van der Waals surface area contributed by atoms with Gasteiger partial charge in [-0.1, -0.05) is 23.7 Å². The smallest absolute Gasteiger partial charge is 0.251 e. The lowest BCUT2D eigenvalue weighted by atomic mass is 9.94. The number of thioether (sulfide) groups is 1. The first-order valence-electron chi connectivity index (χ1n) is 9.13. The highest BCUT2D eigenvalue weighted by molar-refractivity contribution is 7.99. The van der Waals surface area contributed by atoms with E-state index < -0.39 is 0 Å². The minimum atomic E-state index is 0.148. The number of hydrogen-bond donors (Lipinski definition) is 0. The maximum Gasteiger partial charge on any atom is 0.251 e. The van der Waals surface area contributed by atoms with Crippen LogP contribution in [-0.2, 0) is 17.0 Å². The van der Waals surface area contributed by atoms with E-state index in [1.54, 1.807) is 6.26 Å². The van der Waals surface area contributed by atoms with Crippen LogP contribution in [-0.4, -0.2) is 22.7 Å². The molecular weight excluding hydrogens is 366 g/mol. The van der Waals surface area contributed by atoms with Crippen LogP contribution in [0.5, 0.6) is 0 Å². The third kappa shape index (κ3) is 3.72. The molecule has 0 fully saturated rings. The van der Waals surface area contributed by atoms with E-state index in [1.165, 1.54) is 17.6 Å². The van der Waals surface area contributed by atoms with Crippen molar-refractivity contribution in [1.82, 2.24) is 4.90 Å². The number of hydrogen-bond acceptors (Lipinski definition) is 3. The maximum absolute atomic E-state index is 13.0. The molecule has 0 bridgehead atoms. The van der Waals surface area contributed by atoms with E-state index in [0.717, 1.165) is 54.3 Å². The second-order valence-corrected chi connectivity index (χ2v) is 8.33. The van der Waals surface area contributed by atoms with Crippen molar-refractivity contribution in [3.63, 3.8) is 0 Å². The van der Waals surface area contributed by atoms with E-state index in [-0.39, 0.29) is 11.3 Å². The Morgan fingerprint density at radius 1 is 1.15 bits per heavy atom. The Morgan fingerprint density at radius 2 is 1.96 bits per heavy atom. The number of furan rings is 1. The van der Waals surface area contributed by atoms with E-state index in [9.17, 15) is 4.79 Å². The van der Waals surface area contributed by atoms with Crippen LogP contribution in [0.15, 0.2) is 58.2 Å². The average molecular weight is 388 g/mol. The van der Waals surface area contributed by atoms with Gasteiger partial charge in [-0.2, -0.15) is 0 Å². The van der Waals surface area contributed by atoms with E-state index >= 15 is 0 Å². The maximum atomic E-state index is 13.0. The molecule has 1 aliphatic carbocycles. The van der Waals surface area contributed by atoms with Gasteiger partial charge >= 0.3 is 0 Å². The number of nitrogens with zero attached hydrogens (tertiary/aromatic N) is 1. The molecule has 1 aliphatic heterocycles. The second kappa shape index (κ2) is 7.93. The fourth-order valence-corrected chi connectivity index (χ4v) is 5.23. The van der Waals surface area contributed by atoms with Gasteiger partial charge in [-0.15, -0.1) is 11.8 Å². The first-order chi connectivity index (χ1) is 12.7. The quantitative estimate of drug-likeness (QED) is 0.661. The monoisotopic (exact) mass is 387 g/mol. The van der Waals surface area contributed by atoms with Gasteiger partial charge in [-0.05, 0) is 67.5 Å². The van der Waals surface area contributed by atoms with Gasteiger partial charge in [-0.3, -0.25) is 4.79 Å². The zero-order chi connectivity index (χ0) is 17.9. The molecule has 0 N–H and O–H groups in total. The van der Waals surface area contributed by atoms with Crippen molar-refractivity contribution in [2.24, 2.45) is 0 Å². The third-order valence-corrected chi connectivity index (χ3v) is 6.69. The van der Waals surface area contributed by atoms with E-state index in [0.29, 0.717) is 0 Å². The predicted molar refractivity (Wildman–Crippen MR) is 106 cm³/mol. The van der Waals surface area contributed by atoms with Gasteiger partial charge in [0.05, 0.1) is 12.0 Å². The number of carbonyl (C=O) groups is 1. The lowest BCUT2D eigenvalue weighted by molar-refractivity contribution is -0.126. The Morgan fingerprint density at radius 3 is 2.73 bits per heavy atom. The van der Waals surface area contributed by atoms with Crippen molar-refractivity contribution in [2.75, 3.05) is 6.54 Å². The van der Waals surface area contributed by atoms with Crippen molar-refractivity contribution in [3.05, 3.63) is 70.2 Å². The molecule has 26 heavy (non-hydrogen) atoms. The Hall–Kier alpha value is -1.65. The van der Waals surface area contributed by atoms with E-state index in [1.807, 2.05) is 48.2 Å². The molecule has 1 unspecified atom stereocenters. The Balaban J connectivity index is 1.48. The van der Waals surface area contributed by atoms with Crippen LogP contribution >= 0.6 is 23.4 Å². The number of benzene rings is 1. The lowest BCUT2D eigenvalue weighted by Gasteiger charge is -2.27. The zero-order valence-corrected chi connectivity index (χ0v) is 16.2.